The number of nitrogens with one attached hydrogen (secondary N) is 1. The van der Waals surface area contributed by atoms with Crippen molar-refractivity contribution in [3.63, 3.8) is 0 Å². The van der Waals surface area contributed by atoms with Crippen LogP contribution in [0.5, 0.6) is 5.75 Å². The fourth-order valence-electron chi connectivity index (χ4n) is 2.23. The van der Waals surface area contributed by atoms with Gasteiger partial charge in [0.2, 0.25) is 11.7 Å². The second kappa shape index (κ2) is 9.50. The van der Waals surface area contributed by atoms with E-state index in [0.717, 1.165) is 10.4 Å². The van der Waals surface area contributed by atoms with E-state index >= 15 is 0 Å². The van der Waals surface area contributed by atoms with Crippen molar-refractivity contribution in [1.82, 2.24) is 5.32 Å². The number of thiophene rings is 1. The Hall–Kier alpha value is -2.67. The Bertz CT molecular complexity index is 833. The highest BCUT2D eigenvalue weighted by Crippen LogP contribution is 2.19. The Kier molecular flexibility index (Phi) is 7.34. The van der Waals surface area contributed by atoms with Gasteiger partial charge in [-0.2, -0.15) is 0 Å². The summed E-state index contributed by atoms with van der Waals surface area (Å²) in [6.07, 6.45) is 0.0891. The van der Waals surface area contributed by atoms with Crippen molar-refractivity contribution in [3.8, 4) is 5.75 Å². The van der Waals surface area contributed by atoms with E-state index in [0.29, 0.717) is 17.2 Å². The number of rotatable bonds is 8. The van der Waals surface area contributed by atoms with Crippen LogP contribution in [-0.2, 0) is 27.3 Å². The number of hydrogen-bond acceptors (Lipinski definition) is 6. The number of ketones is 1. The summed E-state index contributed by atoms with van der Waals surface area (Å²) >= 11 is 1.28. The van der Waals surface area contributed by atoms with Gasteiger partial charge in [0.05, 0.1) is 25.0 Å². The highest BCUT2D eigenvalue weighted by atomic mass is 32.1. The Morgan fingerprint density at radius 2 is 1.71 bits per heavy atom. The van der Waals surface area contributed by atoms with Crippen LogP contribution in [0.2, 0.25) is 0 Å². The number of hydrogen-bond donors (Lipinski definition) is 1. The lowest BCUT2D eigenvalue weighted by atomic mass is 9.96. The number of benzene rings is 1. The predicted molar refractivity (Wildman–Crippen MR) is 108 cm³/mol. The molecule has 150 valence electrons. The van der Waals surface area contributed by atoms with Crippen molar-refractivity contribution < 1.29 is 23.9 Å². The summed E-state index contributed by atoms with van der Waals surface area (Å²) in [5.74, 6) is -0.0741. The van der Waals surface area contributed by atoms with Crippen molar-refractivity contribution >= 4 is 29.0 Å². The lowest BCUT2D eigenvalue weighted by Crippen LogP contribution is -2.34. The van der Waals surface area contributed by atoms with E-state index in [4.69, 9.17) is 9.47 Å². The fourth-order valence-corrected chi connectivity index (χ4v) is 3.11. The average molecular weight is 404 g/mol. The molecule has 1 amide bonds. The molecular formula is C21H25NO5S. The van der Waals surface area contributed by atoms with Gasteiger partial charge in [0.15, 0.2) is 6.61 Å². The van der Waals surface area contributed by atoms with Gasteiger partial charge < -0.3 is 14.8 Å². The average Bonchev–Trinajstić information content (AvgIpc) is 3.13. The van der Waals surface area contributed by atoms with Crippen LogP contribution in [0.3, 0.4) is 0 Å². The highest BCUT2D eigenvalue weighted by Gasteiger charge is 2.21. The van der Waals surface area contributed by atoms with Crippen molar-refractivity contribution in [2.75, 3.05) is 13.7 Å². The summed E-state index contributed by atoms with van der Waals surface area (Å²) < 4.78 is 10.2. The molecule has 1 N–H and O–H groups in total. The van der Waals surface area contributed by atoms with E-state index in [9.17, 15) is 14.4 Å². The van der Waals surface area contributed by atoms with Crippen molar-refractivity contribution in [1.29, 1.82) is 0 Å². The van der Waals surface area contributed by atoms with E-state index in [1.807, 2.05) is 20.8 Å². The lowest BCUT2D eigenvalue weighted by molar-refractivity contribution is -0.141. The normalized spacial score (nSPS) is 11.0. The molecule has 6 nitrogen and oxygen atoms in total. The molecule has 0 aliphatic carbocycles. The summed E-state index contributed by atoms with van der Waals surface area (Å²) in [6, 6.07) is 10.6. The smallest absolute Gasteiger partial charge is 0.310 e. The van der Waals surface area contributed by atoms with E-state index in [2.05, 4.69) is 5.32 Å². The highest BCUT2D eigenvalue weighted by molar-refractivity contribution is 7.14. The molecular weight excluding hydrogens is 378 g/mol. The van der Waals surface area contributed by atoms with Crippen LogP contribution >= 0.6 is 11.3 Å². The second-order valence-corrected chi connectivity index (χ2v) is 8.48. The topological polar surface area (TPSA) is 81.7 Å². The van der Waals surface area contributed by atoms with Crippen molar-refractivity contribution in [3.05, 3.63) is 51.7 Å². The molecule has 28 heavy (non-hydrogen) atoms. The zero-order valence-electron chi connectivity index (χ0n) is 16.5. The maximum Gasteiger partial charge on any atom is 0.310 e. The first-order chi connectivity index (χ1) is 13.2. The first-order valence-corrected chi connectivity index (χ1v) is 9.69. The Morgan fingerprint density at radius 1 is 1.04 bits per heavy atom. The Morgan fingerprint density at radius 3 is 2.32 bits per heavy atom. The zero-order chi connectivity index (χ0) is 20.7. The number of Topliss-reactive ketones (excluding diaryl/α,β-unsaturated/α-hetero) is 1. The van der Waals surface area contributed by atoms with Gasteiger partial charge in [-0.05, 0) is 29.8 Å². The van der Waals surface area contributed by atoms with E-state index < -0.39 is 11.4 Å². The molecule has 0 aliphatic heterocycles. The van der Waals surface area contributed by atoms with Crippen LogP contribution in [0.15, 0.2) is 36.4 Å². The molecule has 1 aromatic heterocycles. The first kappa shape index (κ1) is 21.6. The summed E-state index contributed by atoms with van der Waals surface area (Å²) in [5, 5.41) is 2.84. The molecule has 0 unspecified atom stereocenters. The standard InChI is InChI=1S/C21H25NO5S/c1-21(2,3)20(25)22-12-16-9-10-18(28-16)17(23)13-27-19(24)11-14-5-7-15(26-4)8-6-14/h5-10H,11-13H2,1-4H3,(H,22,25). The third kappa shape index (κ3) is 6.49. The minimum Gasteiger partial charge on any atom is -0.497 e. The van der Waals surface area contributed by atoms with Crippen LogP contribution in [0.4, 0.5) is 0 Å². The molecule has 0 fully saturated rings. The van der Waals surface area contributed by atoms with Crippen LogP contribution in [0.25, 0.3) is 0 Å². The van der Waals surface area contributed by atoms with Gasteiger partial charge in [-0.3, -0.25) is 14.4 Å². The zero-order valence-corrected chi connectivity index (χ0v) is 17.4. The molecule has 0 saturated carbocycles. The van der Waals surface area contributed by atoms with Crippen LogP contribution in [-0.4, -0.2) is 31.4 Å². The van der Waals surface area contributed by atoms with Gasteiger partial charge in [-0.15, -0.1) is 11.3 Å². The molecule has 7 heteroatoms. The van der Waals surface area contributed by atoms with E-state index in [1.54, 1.807) is 43.5 Å². The molecule has 0 radical (unpaired) electrons. The third-order valence-corrected chi connectivity index (χ3v) is 5.04. The first-order valence-electron chi connectivity index (χ1n) is 8.88. The van der Waals surface area contributed by atoms with Crippen molar-refractivity contribution in [2.24, 2.45) is 5.41 Å². The van der Waals surface area contributed by atoms with Crippen LogP contribution < -0.4 is 10.1 Å². The van der Waals surface area contributed by atoms with Crippen LogP contribution in [0.1, 0.15) is 40.9 Å². The van der Waals surface area contributed by atoms with Gasteiger partial charge in [0, 0.05) is 10.3 Å². The maximum absolute atomic E-state index is 12.2. The fraction of sp³-hybridized carbons (Fsp3) is 0.381. The minimum absolute atomic E-state index is 0.0544. The molecule has 2 rings (SSSR count). The number of amides is 1. The van der Waals surface area contributed by atoms with E-state index in [-0.39, 0.29) is 24.7 Å². The third-order valence-electron chi connectivity index (χ3n) is 3.91. The number of methoxy groups -OCH3 is 1. The molecule has 1 aromatic carbocycles. The monoisotopic (exact) mass is 403 g/mol. The van der Waals surface area contributed by atoms with Gasteiger partial charge >= 0.3 is 5.97 Å². The van der Waals surface area contributed by atoms with Crippen molar-refractivity contribution in [2.45, 2.75) is 33.7 Å². The summed E-state index contributed by atoms with van der Waals surface area (Å²) in [4.78, 5) is 37.4. The molecule has 0 spiro atoms. The molecule has 0 atom stereocenters. The molecule has 0 bridgehead atoms. The number of carbonyl (C=O) groups excluding carboxylic acids is 3. The summed E-state index contributed by atoms with van der Waals surface area (Å²) in [7, 11) is 1.57. The van der Waals surface area contributed by atoms with E-state index in [1.165, 1.54) is 11.3 Å². The Balaban J connectivity index is 1.80. The Labute approximate surface area is 168 Å². The predicted octanol–water partition coefficient (Wildman–Crippen LogP) is 3.39. The van der Waals surface area contributed by atoms with Gasteiger partial charge in [-0.25, -0.2) is 0 Å². The molecule has 0 saturated heterocycles. The van der Waals surface area contributed by atoms with Gasteiger partial charge in [0.1, 0.15) is 5.75 Å². The quantitative estimate of drug-likeness (QED) is 0.540. The minimum atomic E-state index is -0.465. The number of ether oxygens (including phenoxy) is 2. The van der Waals surface area contributed by atoms with Gasteiger partial charge in [0.25, 0.3) is 0 Å². The number of carbonyl (C=O) groups is 3. The van der Waals surface area contributed by atoms with Crippen LogP contribution in [0, 0.1) is 5.41 Å². The molecule has 2 aromatic rings. The second-order valence-electron chi connectivity index (χ2n) is 7.31. The van der Waals surface area contributed by atoms with Gasteiger partial charge in [-0.1, -0.05) is 32.9 Å². The molecule has 0 aliphatic rings. The maximum atomic E-state index is 12.2. The lowest BCUT2D eigenvalue weighted by Gasteiger charge is -2.17. The summed E-state index contributed by atoms with van der Waals surface area (Å²) in [5.41, 5.74) is 0.319. The molecule has 1 heterocycles. The number of esters is 1. The largest absolute Gasteiger partial charge is 0.497 e. The summed E-state index contributed by atoms with van der Waals surface area (Å²) in [6.45, 7) is 5.58. The SMILES string of the molecule is COc1ccc(CC(=O)OCC(=O)c2ccc(CNC(=O)C(C)(C)C)s2)cc1.